The molecule has 1 unspecified atom stereocenters. The summed E-state index contributed by atoms with van der Waals surface area (Å²) in [5, 5.41) is 13.9. The molecule has 20 heavy (non-hydrogen) atoms. The van der Waals surface area contributed by atoms with E-state index in [1.807, 2.05) is 18.2 Å². The predicted molar refractivity (Wildman–Crippen MR) is 79.3 cm³/mol. The van der Waals surface area contributed by atoms with Gasteiger partial charge in [-0.2, -0.15) is 0 Å². The topological polar surface area (TPSA) is 41.5 Å². The molecule has 3 nitrogen and oxygen atoms in total. The number of aromatic hydroxyl groups is 1. The zero-order valence-corrected chi connectivity index (χ0v) is 11.7. The van der Waals surface area contributed by atoms with Crippen LogP contribution in [0, 0.1) is 0 Å². The van der Waals surface area contributed by atoms with E-state index in [0.29, 0.717) is 18.2 Å². The number of phenols is 1. The molecule has 1 heterocycles. The fourth-order valence-corrected chi connectivity index (χ4v) is 2.74. The maximum atomic E-state index is 9.87. The maximum absolute atomic E-state index is 9.87. The normalized spacial score (nSPS) is 17.4. The molecule has 2 aromatic rings. The minimum absolute atomic E-state index is 0.218. The Balaban J connectivity index is 1.77. The van der Waals surface area contributed by atoms with E-state index in [4.69, 9.17) is 16.3 Å². The number of fused-ring (bicyclic) bond motifs is 1. The first-order chi connectivity index (χ1) is 9.75. The number of benzene rings is 2. The molecule has 104 valence electrons. The van der Waals surface area contributed by atoms with Gasteiger partial charge in [-0.15, -0.1) is 0 Å². The number of ether oxygens (including phenoxy) is 1. The molecule has 0 saturated carbocycles. The van der Waals surface area contributed by atoms with E-state index in [0.717, 1.165) is 23.3 Å². The number of nitrogens with one attached hydrogen (secondary N) is 1. The lowest BCUT2D eigenvalue weighted by Crippen LogP contribution is -2.26. The summed E-state index contributed by atoms with van der Waals surface area (Å²) in [5.41, 5.74) is 1.89. The van der Waals surface area contributed by atoms with Crippen molar-refractivity contribution in [1.82, 2.24) is 5.32 Å². The minimum Gasteiger partial charge on any atom is -0.508 e. The highest BCUT2D eigenvalue weighted by atomic mass is 35.5. The first-order valence-electron chi connectivity index (χ1n) is 6.67. The Hall–Kier alpha value is -1.71. The van der Waals surface area contributed by atoms with Crippen LogP contribution < -0.4 is 10.1 Å². The maximum Gasteiger partial charge on any atom is 0.124 e. The first-order valence-corrected chi connectivity index (χ1v) is 7.05. The van der Waals surface area contributed by atoms with Gasteiger partial charge in [-0.1, -0.05) is 35.9 Å². The lowest BCUT2D eigenvalue weighted by Gasteiger charge is -2.27. The van der Waals surface area contributed by atoms with Crippen molar-refractivity contribution in [3.63, 3.8) is 0 Å². The molecule has 1 atom stereocenters. The van der Waals surface area contributed by atoms with E-state index in [1.165, 1.54) is 0 Å². The number of hydrogen-bond donors (Lipinski definition) is 2. The van der Waals surface area contributed by atoms with Gasteiger partial charge in [-0.25, -0.2) is 0 Å². The first kappa shape index (κ1) is 13.3. The molecule has 0 aliphatic carbocycles. The average Bonchev–Trinajstić information content (AvgIpc) is 2.47. The zero-order chi connectivity index (χ0) is 13.9. The monoisotopic (exact) mass is 289 g/mol. The highest BCUT2D eigenvalue weighted by molar-refractivity contribution is 6.31. The van der Waals surface area contributed by atoms with E-state index < -0.39 is 0 Å². The standard InChI is InChI=1S/C16H16ClNO2/c17-13-5-3-6-15(19)12(13)10-18-14-8-9-20-16-7-2-1-4-11(14)16/h1-7,14,18-19H,8-10H2. The summed E-state index contributed by atoms with van der Waals surface area (Å²) >= 11 is 6.12. The number of halogens is 1. The van der Waals surface area contributed by atoms with E-state index in [1.54, 1.807) is 18.2 Å². The molecule has 0 spiro atoms. The quantitative estimate of drug-likeness (QED) is 0.906. The van der Waals surface area contributed by atoms with Gasteiger partial charge in [0.05, 0.1) is 6.61 Å². The van der Waals surface area contributed by atoms with Crippen molar-refractivity contribution in [3.05, 3.63) is 58.6 Å². The van der Waals surface area contributed by atoms with Crippen LogP contribution in [0.15, 0.2) is 42.5 Å². The van der Waals surface area contributed by atoms with Crippen LogP contribution in [-0.4, -0.2) is 11.7 Å². The Morgan fingerprint density at radius 2 is 2.05 bits per heavy atom. The van der Waals surface area contributed by atoms with Crippen LogP contribution in [0.3, 0.4) is 0 Å². The summed E-state index contributed by atoms with van der Waals surface area (Å²) in [6.07, 6.45) is 0.905. The Morgan fingerprint density at radius 3 is 2.90 bits per heavy atom. The summed E-state index contributed by atoms with van der Waals surface area (Å²) in [6.45, 7) is 1.23. The number of para-hydroxylation sites is 1. The Morgan fingerprint density at radius 1 is 1.20 bits per heavy atom. The van der Waals surface area contributed by atoms with E-state index in [-0.39, 0.29) is 11.8 Å². The van der Waals surface area contributed by atoms with E-state index in [2.05, 4.69) is 11.4 Å². The van der Waals surface area contributed by atoms with Crippen LogP contribution in [0.4, 0.5) is 0 Å². The van der Waals surface area contributed by atoms with Crippen molar-refractivity contribution in [1.29, 1.82) is 0 Å². The highest BCUT2D eigenvalue weighted by Gasteiger charge is 2.21. The smallest absolute Gasteiger partial charge is 0.124 e. The molecule has 4 heteroatoms. The molecule has 1 aliphatic rings. The van der Waals surface area contributed by atoms with Gasteiger partial charge >= 0.3 is 0 Å². The summed E-state index contributed by atoms with van der Waals surface area (Å²) in [6, 6.07) is 13.4. The minimum atomic E-state index is 0.218. The molecule has 0 aromatic heterocycles. The second-order valence-electron chi connectivity index (χ2n) is 4.85. The molecule has 0 bridgehead atoms. The lowest BCUT2D eigenvalue weighted by molar-refractivity contribution is 0.252. The second-order valence-corrected chi connectivity index (χ2v) is 5.25. The van der Waals surface area contributed by atoms with Crippen molar-refractivity contribution in [2.24, 2.45) is 0 Å². The van der Waals surface area contributed by atoms with Gasteiger partial charge in [0.2, 0.25) is 0 Å². The number of phenolic OH excluding ortho intramolecular Hbond substituents is 1. The molecule has 0 amide bonds. The van der Waals surface area contributed by atoms with Crippen LogP contribution in [0.1, 0.15) is 23.6 Å². The average molecular weight is 290 g/mol. The lowest BCUT2D eigenvalue weighted by atomic mass is 10.0. The largest absolute Gasteiger partial charge is 0.508 e. The van der Waals surface area contributed by atoms with Gasteiger partial charge in [-0.3, -0.25) is 0 Å². The van der Waals surface area contributed by atoms with Gasteiger partial charge < -0.3 is 15.2 Å². The SMILES string of the molecule is Oc1cccc(Cl)c1CNC1CCOc2ccccc21. The van der Waals surface area contributed by atoms with Gasteiger partial charge in [0.1, 0.15) is 11.5 Å². The Bertz CT molecular complexity index is 595. The van der Waals surface area contributed by atoms with E-state index in [9.17, 15) is 5.11 Å². The van der Waals surface area contributed by atoms with Crippen molar-refractivity contribution in [2.45, 2.75) is 19.0 Å². The third-order valence-corrected chi connectivity index (χ3v) is 3.93. The summed E-state index contributed by atoms with van der Waals surface area (Å²) < 4.78 is 5.64. The van der Waals surface area contributed by atoms with Gasteiger partial charge in [-0.05, 0) is 18.2 Å². The van der Waals surface area contributed by atoms with Crippen LogP contribution in [-0.2, 0) is 6.54 Å². The molecule has 0 radical (unpaired) electrons. The number of rotatable bonds is 3. The summed E-state index contributed by atoms with van der Waals surface area (Å²) in [7, 11) is 0. The van der Waals surface area contributed by atoms with Crippen LogP contribution in [0.25, 0.3) is 0 Å². The van der Waals surface area contributed by atoms with Gasteiger partial charge in [0, 0.05) is 35.2 Å². The molecule has 0 fully saturated rings. The third-order valence-electron chi connectivity index (χ3n) is 3.58. The van der Waals surface area contributed by atoms with Crippen molar-refractivity contribution >= 4 is 11.6 Å². The summed E-state index contributed by atoms with van der Waals surface area (Å²) in [4.78, 5) is 0. The molecular weight excluding hydrogens is 274 g/mol. The van der Waals surface area contributed by atoms with Crippen LogP contribution in [0.2, 0.25) is 5.02 Å². The summed E-state index contributed by atoms with van der Waals surface area (Å²) in [5.74, 6) is 1.16. The number of hydrogen-bond acceptors (Lipinski definition) is 3. The Kier molecular flexibility index (Phi) is 3.81. The molecule has 3 rings (SSSR count). The second kappa shape index (κ2) is 5.73. The van der Waals surface area contributed by atoms with Gasteiger partial charge in [0.15, 0.2) is 0 Å². The van der Waals surface area contributed by atoms with Crippen molar-refractivity contribution < 1.29 is 9.84 Å². The fraction of sp³-hybridized carbons (Fsp3) is 0.250. The van der Waals surface area contributed by atoms with Crippen LogP contribution >= 0.6 is 11.6 Å². The van der Waals surface area contributed by atoms with Crippen molar-refractivity contribution in [2.75, 3.05) is 6.61 Å². The van der Waals surface area contributed by atoms with E-state index >= 15 is 0 Å². The predicted octanol–water partition coefficient (Wildman–Crippen LogP) is 3.66. The third kappa shape index (κ3) is 2.60. The highest BCUT2D eigenvalue weighted by Crippen LogP contribution is 2.32. The van der Waals surface area contributed by atoms with Crippen molar-refractivity contribution in [3.8, 4) is 11.5 Å². The molecule has 1 aliphatic heterocycles. The molecule has 2 N–H and O–H groups in total. The Labute approximate surface area is 123 Å². The molecule has 0 saturated heterocycles. The fourth-order valence-electron chi connectivity index (χ4n) is 2.50. The molecule has 2 aromatic carbocycles. The zero-order valence-electron chi connectivity index (χ0n) is 11.0. The molecular formula is C16H16ClNO2. The van der Waals surface area contributed by atoms with Gasteiger partial charge in [0.25, 0.3) is 0 Å². The van der Waals surface area contributed by atoms with Crippen LogP contribution in [0.5, 0.6) is 11.5 Å².